The molecule has 2 rings (SSSR count). The highest BCUT2D eigenvalue weighted by atomic mass is 32.2. The molecule has 1 saturated heterocycles. The Balaban J connectivity index is 2.14. The second-order valence-corrected chi connectivity index (χ2v) is 7.85. The molecule has 1 fully saturated rings. The molecule has 2 heterocycles. The van der Waals surface area contributed by atoms with Crippen molar-refractivity contribution in [1.82, 2.24) is 4.31 Å². The molecule has 0 radical (unpaired) electrons. The van der Waals surface area contributed by atoms with Crippen molar-refractivity contribution in [2.45, 2.75) is 19.4 Å². The number of nitrogens with zero attached hydrogens (tertiary/aromatic N) is 2. The molecule has 0 atom stereocenters. The SMILES string of the molecule is Cc1sc(F)c(N2CCN(S(=O)(=O)C(F)(F)F)CC2)c1C. The summed E-state index contributed by atoms with van der Waals surface area (Å²) in [6.45, 7) is 2.94. The van der Waals surface area contributed by atoms with Gasteiger partial charge in [0.1, 0.15) is 0 Å². The molecule has 1 aromatic heterocycles. The van der Waals surface area contributed by atoms with Crippen LogP contribution in [0.25, 0.3) is 0 Å². The molecule has 1 aliphatic heterocycles. The summed E-state index contributed by atoms with van der Waals surface area (Å²) in [6, 6.07) is 0. The van der Waals surface area contributed by atoms with E-state index in [0.717, 1.165) is 21.8 Å². The van der Waals surface area contributed by atoms with Crippen molar-refractivity contribution < 1.29 is 26.0 Å². The van der Waals surface area contributed by atoms with Gasteiger partial charge in [0.2, 0.25) is 0 Å². The van der Waals surface area contributed by atoms with E-state index in [2.05, 4.69) is 0 Å². The minimum atomic E-state index is -5.30. The monoisotopic (exact) mass is 346 g/mol. The zero-order valence-corrected chi connectivity index (χ0v) is 13.0. The molecule has 4 nitrogen and oxygen atoms in total. The van der Waals surface area contributed by atoms with Gasteiger partial charge < -0.3 is 4.90 Å². The zero-order chi connectivity index (χ0) is 16.0. The number of hydrogen-bond donors (Lipinski definition) is 0. The molecule has 0 aromatic carbocycles. The van der Waals surface area contributed by atoms with Crippen molar-refractivity contribution in [2.24, 2.45) is 0 Å². The summed E-state index contributed by atoms with van der Waals surface area (Å²) in [5.74, 6) is 0. The van der Waals surface area contributed by atoms with E-state index in [0.29, 0.717) is 9.99 Å². The number of piperazine rings is 1. The van der Waals surface area contributed by atoms with E-state index in [1.165, 1.54) is 0 Å². The fourth-order valence-corrected chi connectivity index (χ4v) is 4.07. The Morgan fingerprint density at radius 3 is 2.00 bits per heavy atom. The smallest absolute Gasteiger partial charge is 0.366 e. The highest BCUT2D eigenvalue weighted by Gasteiger charge is 2.50. The third-order valence-corrected chi connectivity index (χ3v) is 6.11. The van der Waals surface area contributed by atoms with Crippen LogP contribution in [-0.4, -0.2) is 44.4 Å². The lowest BCUT2D eigenvalue weighted by Crippen LogP contribution is -2.52. The van der Waals surface area contributed by atoms with Crippen LogP contribution in [0, 0.1) is 19.0 Å². The van der Waals surface area contributed by atoms with E-state index < -0.39 is 20.7 Å². The first-order valence-corrected chi connectivity index (χ1v) is 8.38. The Morgan fingerprint density at radius 2 is 1.62 bits per heavy atom. The van der Waals surface area contributed by atoms with Crippen LogP contribution in [-0.2, 0) is 10.0 Å². The number of halogens is 4. The van der Waals surface area contributed by atoms with Crippen LogP contribution in [0.4, 0.5) is 23.2 Å². The van der Waals surface area contributed by atoms with E-state index in [9.17, 15) is 26.0 Å². The maximum atomic E-state index is 13.8. The van der Waals surface area contributed by atoms with Crippen LogP contribution in [0.2, 0.25) is 0 Å². The molecule has 0 spiro atoms. The number of rotatable bonds is 2. The number of aryl methyl sites for hydroxylation is 1. The minimum Gasteiger partial charge on any atom is -0.366 e. The van der Waals surface area contributed by atoms with E-state index >= 15 is 0 Å². The molecule has 0 amide bonds. The van der Waals surface area contributed by atoms with Crippen LogP contribution >= 0.6 is 11.3 Å². The lowest BCUT2D eigenvalue weighted by atomic mass is 10.2. The van der Waals surface area contributed by atoms with Crippen molar-refractivity contribution in [3.8, 4) is 0 Å². The summed E-state index contributed by atoms with van der Waals surface area (Å²) in [6.07, 6.45) is 0. The number of alkyl halides is 3. The summed E-state index contributed by atoms with van der Waals surface area (Å²) in [5.41, 5.74) is -4.19. The van der Waals surface area contributed by atoms with Crippen LogP contribution in [0.15, 0.2) is 0 Å². The topological polar surface area (TPSA) is 40.6 Å². The fourth-order valence-electron chi connectivity index (χ4n) is 2.23. The normalized spacial score (nSPS) is 18.3. The summed E-state index contributed by atoms with van der Waals surface area (Å²) in [4.78, 5) is 2.39. The maximum Gasteiger partial charge on any atom is 0.511 e. The lowest BCUT2D eigenvalue weighted by molar-refractivity contribution is -0.0490. The molecule has 0 N–H and O–H groups in total. The summed E-state index contributed by atoms with van der Waals surface area (Å²) in [5, 5.41) is -0.392. The Bertz CT molecular complexity index is 631. The van der Waals surface area contributed by atoms with E-state index in [-0.39, 0.29) is 26.2 Å². The quantitative estimate of drug-likeness (QED) is 0.773. The molecule has 120 valence electrons. The first kappa shape index (κ1) is 16.5. The van der Waals surface area contributed by atoms with Crippen molar-refractivity contribution >= 4 is 27.0 Å². The van der Waals surface area contributed by atoms with Crippen LogP contribution in [0.3, 0.4) is 0 Å². The largest absolute Gasteiger partial charge is 0.511 e. The van der Waals surface area contributed by atoms with Gasteiger partial charge in [-0.1, -0.05) is 0 Å². The second kappa shape index (κ2) is 5.40. The van der Waals surface area contributed by atoms with Crippen molar-refractivity contribution in [3.05, 3.63) is 15.6 Å². The third-order valence-electron chi connectivity index (χ3n) is 3.50. The Labute approximate surface area is 124 Å². The molecule has 0 aliphatic carbocycles. The summed E-state index contributed by atoms with van der Waals surface area (Å²) >= 11 is 0.980. The maximum absolute atomic E-state index is 13.8. The first-order valence-electron chi connectivity index (χ1n) is 6.12. The molecule has 0 unspecified atom stereocenters. The van der Waals surface area contributed by atoms with Gasteiger partial charge in [-0.15, -0.1) is 11.3 Å². The molecule has 1 aromatic rings. The first-order chi connectivity index (χ1) is 9.55. The Morgan fingerprint density at radius 1 is 1.10 bits per heavy atom. The predicted octanol–water partition coefficient (Wildman–Crippen LogP) is 2.48. The number of hydrogen-bond acceptors (Lipinski definition) is 4. The van der Waals surface area contributed by atoms with Crippen molar-refractivity contribution in [2.75, 3.05) is 31.1 Å². The van der Waals surface area contributed by atoms with Gasteiger partial charge in [-0.05, 0) is 19.4 Å². The molecule has 1 aliphatic rings. The average Bonchev–Trinajstić information content (AvgIpc) is 2.62. The van der Waals surface area contributed by atoms with E-state index in [1.807, 2.05) is 0 Å². The average molecular weight is 346 g/mol. The van der Waals surface area contributed by atoms with E-state index in [4.69, 9.17) is 0 Å². The number of sulfonamides is 1. The lowest BCUT2D eigenvalue weighted by Gasteiger charge is -2.35. The van der Waals surface area contributed by atoms with Crippen LogP contribution in [0.1, 0.15) is 10.4 Å². The summed E-state index contributed by atoms with van der Waals surface area (Å²) in [7, 11) is -5.30. The van der Waals surface area contributed by atoms with Gasteiger partial charge in [0, 0.05) is 31.1 Å². The molecular weight excluding hydrogens is 332 g/mol. The standard InChI is InChI=1S/C11H14F4N2O2S2/c1-7-8(2)20-10(12)9(7)16-3-5-17(6-4-16)21(18,19)11(13,14)15/h3-6H2,1-2H3. The van der Waals surface area contributed by atoms with Gasteiger partial charge in [0.15, 0.2) is 5.13 Å². The highest BCUT2D eigenvalue weighted by molar-refractivity contribution is 7.90. The van der Waals surface area contributed by atoms with Gasteiger partial charge in [-0.3, -0.25) is 0 Å². The Hall–Kier alpha value is -0.870. The van der Waals surface area contributed by atoms with Crippen LogP contribution in [0.5, 0.6) is 0 Å². The van der Waals surface area contributed by atoms with Gasteiger partial charge in [-0.25, -0.2) is 8.42 Å². The molecule has 0 bridgehead atoms. The second-order valence-electron chi connectivity index (χ2n) is 4.74. The summed E-state index contributed by atoms with van der Waals surface area (Å²) < 4.78 is 74.2. The number of thiophene rings is 1. The Kier molecular flexibility index (Phi) is 4.24. The van der Waals surface area contributed by atoms with Crippen molar-refractivity contribution in [1.29, 1.82) is 0 Å². The molecule has 21 heavy (non-hydrogen) atoms. The van der Waals surface area contributed by atoms with Gasteiger partial charge >= 0.3 is 15.5 Å². The minimum absolute atomic E-state index is 0.0310. The van der Waals surface area contributed by atoms with E-state index in [1.54, 1.807) is 18.7 Å². The highest BCUT2D eigenvalue weighted by Crippen LogP contribution is 2.35. The zero-order valence-electron chi connectivity index (χ0n) is 11.4. The predicted molar refractivity (Wildman–Crippen MR) is 72.5 cm³/mol. The molecule has 0 saturated carbocycles. The number of anilines is 1. The van der Waals surface area contributed by atoms with Gasteiger partial charge in [0.25, 0.3) is 0 Å². The third kappa shape index (κ3) is 2.88. The van der Waals surface area contributed by atoms with Gasteiger partial charge in [0.05, 0.1) is 5.69 Å². The molecular formula is C11H14F4N2O2S2. The fraction of sp³-hybridized carbons (Fsp3) is 0.636. The van der Waals surface area contributed by atoms with Crippen molar-refractivity contribution in [3.63, 3.8) is 0 Å². The molecule has 10 heteroatoms. The van der Waals surface area contributed by atoms with Gasteiger partial charge in [-0.2, -0.15) is 21.9 Å². The van der Waals surface area contributed by atoms with Crippen LogP contribution < -0.4 is 4.90 Å².